The molecule has 1 aliphatic rings. The van der Waals surface area contributed by atoms with E-state index < -0.39 is 23.5 Å². The minimum Gasteiger partial charge on any atom is -0.508 e. The van der Waals surface area contributed by atoms with Crippen molar-refractivity contribution in [1.29, 1.82) is 0 Å². The number of carbonyl (C=O) groups excluding carboxylic acids is 2. The summed E-state index contributed by atoms with van der Waals surface area (Å²) in [7, 11) is 0. The topological polar surface area (TPSA) is 87.1 Å². The normalized spacial score (nSPS) is 17.4. The van der Waals surface area contributed by atoms with Crippen molar-refractivity contribution in [3.63, 3.8) is 0 Å². The molecule has 6 nitrogen and oxygen atoms in total. The number of Topliss-reactive ketones (excluding diaryl/α,β-unsaturated/α-hetero) is 1. The lowest BCUT2D eigenvalue weighted by Crippen LogP contribution is -2.29. The number of hydrogen-bond donors (Lipinski definition) is 2. The quantitative estimate of drug-likeness (QED) is 0.317. The summed E-state index contributed by atoms with van der Waals surface area (Å²) < 4.78 is 19.1. The highest BCUT2D eigenvalue weighted by atomic mass is 19.1. The van der Waals surface area contributed by atoms with E-state index in [9.17, 15) is 24.2 Å². The number of phenolic OH excluding ortho intramolecular Hbond substituents is 1. The molecule has 1 saturated heterocycles. The first-order valence-corrected chi connectivity index (χ1v) is 10.5. The summed E-state index contributed by atoms with van der Waals surface area (Å²) in [6.07, 6.45) is 0.802. The molecule has 33 heavy (non-hydrogen) atoms. The summed E-state index contributed by atoms with van der Waals surface area (Å²) >= 11 is 0. The Hall–Kier alpha value is -4.13. The molecule has 1 heterocycles. The van der Waals surface area contributed by atoms with Crippen LogP contribution < -0.4 is 9.64 Å². The molecular weight excluding hydrogens is 425 g/mol. The lowest BCUT2D eigenvalue weighted by Gasteiger charge is -2.25. The fourth-order valence-electron chi connectivity index (χ4n) is 3.82. The molecule has 2 N–H and O–H groups in total. The zero-order valence-corrected chi connectivity index (χ0v) is 17.9. The van der Waals surface area contributed by atoms with Gasteiger partial charge in [0.2, 0.25) is 0 Å². The van der Waals surface area contributed by atoms with Crippen molar-refractivity contribution in [2.75, 3.05) is 11.5 Å². The van der Waals surface area contributed by atoms with Gasteiger partial charge in [-0.2, -0.15) is 0 Å². The van der Waals surface area contributed by atoms with Gasteiger partial charge in [-0.05, 0) is 60.5 Å². The number of aromatic hydroxyl groups is 1. The number of benzene rings is 3. The molecule has 168 valence electrons. The van der Waals surface area contributed by atoms with Crippen molar-refractivity contribution in [2.45, 2.75) is 19.4 Å². The number of nitrogens with zero attached hydrogens (tertiary/aromatic N) is 1. The Bertz CT molecular complexity index is 1240. The van der Waals surface area contributed by atoms with E-state index in [-0.39, 0.29) is 22.8 Å². The monoisotopic (exact) mass is 447 g/mol. The zero-order chi connectivity index (χ0) is 23.5. The highest BCUT2D eigenvalue weighted by Crippen LogP contribution is 2.43. The van der Waals surface area contributed by atoms with E-state index in [4.69, 9.17) is 4.74 Å². The predicted octanol–water partition coefficient (Wildman–Crippen LogP) is 4.95. The van der Waals surface area contributed by atoms with Crippen molar-refractivity contribution >= 4 is 23.1 Å². The van der Waals surface area contributed by atoms with Crippen molar-refractivity contribution in [3.05, 3.63) is 95.3 Å². The van der Waals surface area contributed by atoms with Gasteiger partial charge in [0.05, 0.1) is 18.2 Å². The van der Waals surface area contributed by atoms with Crippen molar-refractivity contribution in [2.24, 2.45) is 0 Å². The van der Waals surface area contributed by atoms with Gasteiger partial charge in [-0.1, -0.05) is 31.2 Å². The number of aliphatic hydroxyl groups is 1. The molecule has 1 aliphatic heterocycles. The minimum atomic E-state index is -1.03. The van der Waals surface area contributed by atoms with Crippen LogP contribution in [0.2, 0.25) is 0 Å². The third-order valence-electron chi connectivity index (χ3n) is 5.32. The van der Waals surface area contributed by atoms with Crippen LogP contribution in [0.3, 0.4) is 0 Å². The maximum absolute atomic E-state index is 13.5. The Morgan fingerprint density at radius 3 is 2.45 bits per heavy atom. The Morgan fingerprint density at radius 1 is 1.03 bits per heavy atom. The Morgan fingerprint density at radius 2 is 1.76 bits per heavy atom. The molecule has 0 radical (unpaired) electrons. The van der Waals surface area contributed by atoms with E-state index in [0.29, 0.717) is 23.5 Å². The number of ether oxygens (including phenoxy) is 1. The van der Waals surface area contributed by atoms with Gasteiger partial charge < -0.3 is 14.9 Å². The number of rotatable bonds is 6. The number of anilines is 1. The summed E-state index contributed by atoms with van der Waals surface area (Å²) in [6.45, 7) is 2.46. The summed E-state index contributed by atoms with van der Waals surface area (Å²) in [5.74, 6) is -2.16. The molecule has 0 aliphatic carbocycles. The van der Waals surface area contributed by atoms with Gasteiger partial charge in [0, 0.05) is 11.3 Å². The maximum atomic E-state index is 13.5. The van der Waals surface area contributed by atoms with Gasteiger partial charge in [0.1, 0.15) is 23.1 Å². The molecular formula is C26H22FNO5. The van der Waals surface area contributed by atoms with Gasteiger partial charge in [-0.15, -0.1) is 0 Å². The highest BCUT2D eigenvalue weighted by molar-refractivity contribution is 6.51. The summed E-state index contributed by atoms with van der Waals surface area (Å²) in [5.41, 5.74) is 0.873. The summed E-state index contributed by atoms with van der Waals surface area (Å²) in [4.78, 5) is 27.4. The van der Waals surface area contributed by atoms with Crippen molar-refractivity contribution < 1.29 is 28.9 Å². The molecule has 7 heteroatoms. The number of halogens is 1. The first kappa shape index (κ1) is 22.1. The first-order valence-electron chi connectivity index (χ1n) is 10.5. The molecule has 4 rings (SSSR count). The number of hydrogen-bond acceptors (Lipinski definition) is 5. The van der Waals surface area contributed by atoms with Crippen LogP contribution in [0.1, 0.15) is 30.5 Å². The van der Waals surface area contributed by atoms with E-state index in [1.54, 1.807) is 36.4 Å². The highest BCUT2D eigenvalue weighted by Gasteiger charge is 2.47. The SMILES string of the molecule is CCCOc1cccc(/C(O)=C2/C(=O)C(=O)N(c3ccc(F)cc3)C2c2cccc(O)c2)c1. The van der Waals surface area contributed by atoms with E-state index in [1.165, 1.54) is 41.3 Å². The third-order valence-corrected chi connectivity index (χ3v) is 5.32. The minimum absolute atomic E-state index is 0.0628. The van der Waals surface area contributed by atoms with Gasteiger partial charge >= 0.3 is 0 Å². The second-order valence-corrected chi connectivity index (χ2v) is 7.62. The number of amides is 1. The van der Waals surface area contributed by atoms with Crippen LogP contribution in [0.4, 0.5) is 10.1 Å². The van der Waals surface area contributed by atoms with E-state index >= 15 is 0 Å². The molecule has 0 bridgehead atoms. The van der Waals surface area contributed by atoms with Crippen LogP contribution in [0.25, 0.3) is 5.76 Å². The van der Waals surface area contributed by atoms with Crippen LogP contribution in [0, 0.1) is 5.82 Å². The molecule has 1 amide bonds. The Balaban J connectivity index is 1.89. The predicted molar refractivity (Wildman–Crippen MR) is 122 cm³/mol. The molecule has 1 unspecified atom stereocenters. The van der Waals surface area contributed by atoms with Crippen LogP contribution in [0.15, 0.2) is 78.4 Å². The number of phenols is 1. The second-order valence-electron chi connectivity index (χ2n) is 7.62. The fourth-order valence-corrected chi connectivity index (χ4v) is 3.82. The number of aliphatic hydroxyl groups excluding tert-OH is 1. The van der Waals surface area contributed by atoms with E-state index in [0.717, 1.165) is 6.42 Å². The lowest BCUT2D eigenvalue weighted by atomic mass is 9.95. The lowest BCUT2D eigenvalue weighted by molar-refractivity contribution is -0.132. The molecule has 3 aromatic carbocycles. The van der Waals surface area contributed by atoms with Crippen molar-refractivity contribution in [3.8, 4) is 11.5 Å². The Labute approximate surface area is 190 Å². The second kappa shape index (κ2) is 9.16. The van der Waals surface area contributed by atoms with Crippen LogP contribution in [-0.2, 0) is 9.59 Å². The molecule has 3 aromatic rings. The molecule has 0 spiro atoms. The Kier molecular flexibility index (Phi) is 6.13. The van der Waals surface area contributed by atoms with Crippen LogP contribution in [-0.4, -0.2) is 28.5 Å². The zero-order valence-electron chi connectivity index (χ0n) is 17.9. The van der Waals surface area contributed by atoms with Gasteiger partial charge in [-0.25, -0.2) is 4.39 Å². The average molecular weight is 447 g/mol. The summed E-state index contributed by atoms with van der Waals surface area (Å²) in [6, 6.07) is 16.8. The molecule has 1 fully saturated rings. The van der Waals surface area contributed by atoms with Gasteiger partial charge in [0.25, 0.3) is 11.7 Å². The standard InChI is InChI=1S/C26H22FNO5/c1-2-13-33-21-8-4-6-17(15-21)24(30)22-23(16-5-3-7-20(29)14-16)28(26(32)25(22)31)19-11-9-18(27)10-12-19/h3-12,14-15,23,29-30H,2,13H2,1H3/b24-22-. The van der Waals surface area contributed by atoms with E-state index in [2.05, 4.69) is 0 Å². The average Bonchev–Trinajstić information content (AvgIpc) is 3.08. The largest absolute Gasteiger partial charge is 0.508 e. The summed E-state index contributed by atoms with van der Waals surface area (Å²) in [5, 5.41) is 21.2. The fraction of sp³-hybridized carbons (Fsp3) is 0.154. The molecule has 1 atom stereocenters. The maximum Gasteiger partial charge on any atom is 0.300 e. The molecule has 0 aromatic heterocycles. The van der Waals surface area contributed by atoms with Crippen LogP contribution in [0.5, 0.6) is 11.5 Å². The number of ketones is 1. The smallest absolute Gasteiger partial charge is 0.300 e. The number of carbonyl (C=O) groups is 2. The van der Waals surface area contributed by atoms with Crippen LogP contribution >= 0.6 is 0 Å². The molecule has 0 saturated carbocycles. The first-order chi connectivity index (χ1) is 15.9. The van der Waals surface area contributed by atoms with Gasteiger partial charge in [-0.3, -0.25) is 14.5 Å². The van der Waals surface area contributed by atoms with Crippen molar-refractivity contribution in [1.82, 2.24) is 0 Å². The van der Waals surface area contributed by atoms with Gasteiger partial charge in [0.15, 0.2) is 0 Å². The third kappa shape index (κ3) is 4.30. The van der Waals surface area contributed by atoms with E-state index in [1.807, 2.05) is 6.92 Å².